The molecule has 148 valence electrons. The highest BCUT2D eigenvalue weighted by molar-refractivity contribution is 5.92. The number of nitrogens with zero attached hydrogens (tertiary/aromatic N) is 3. The van der Waals surface area contributed by atoms with Gasteiger partial charge in [-0.2, -0.15) is 0 Å². The lowest BCUT2D eigenvalue weighted by Crippen LogP contribution is -2.22. The number of aromatic nitrogens is 3. The molecule has 2 aliphatic carbocycles. The molecule has 7 nitrogen and oxygen atoms in total. The van der Waals surface area contributed by atoms with Crippen LogP contribution in [-0.2, 0) is 6.54 Å². The number of amides is 1. The number of hydrogen-bond donors (Lipinski definition) is 3. The van der Waals surface area contributed by atoms with Crippen molar-refractivity contribution in [3.8, 4) is 0 Å². The molecule has 3 N–H and O–H groups in total. The maximum Gasteiger partial charge on any atom is 0.277 e. The van der Waals surface area contributed by atoms with Crippen LogP contribution in [0.5, 0.6) is 0 Å². The van der Waals surface area contributed by atoms with E-state index in [2.05, 4.69) is 20.3 Å². The van der Waals surface area contributed by atoms with Gasteiger partial charge in [0.05, 0.1) is 16.8 Å². The molecule has 0 aliphatic heterocycles. The first-order valence-corrected chi connectivity index (χ1v) is 9.67. The molecule has 2 atom stereocenters. The Morgan fingerprint density at radius 1 is 1.14 bits per heavy atom. The van der Waals surface area contributed by atoms with Gasteiger partial charge in [0.25, 0.3) is 5.91 Å². The summed E-state index contributed by atoms with van der Waals surface area (Å²) >= 11 is 0. The first-order valence-electron chi connectivity index (χ1n) is 9.67. The fourth-order valence-corrected chi connectivity index (χ4v) is 4.54. The van der Waals surface area contributed by atoms with Crippen LogP contribution in [0.4, 0.5) is 4.39 Å². The van der Waals surface area contributed by atoms with E-state index in [0.717, 1.165) is 35.3 Å². The van der Waals surface area contributed by atoms with Gasteiger partial charge >= 0.3 is 0 Å². The molecule has 2 aliphatic rings. The molecule has 0 bridgehead atoms. The van der Waals surface area contributed by atoms with E-state index in [1.54, 1.807) is 11.5 Å². The number of benzene rings is 1. The summed E-state index contributed by atoms with van der Waals surface area (Å²) in [5.74, 6) is 1.43. The van der Waals surface area contributed by atoms with Crippen molar-refractivity contribution in [2.24, 2.45) is 11.8 Å². The van der Waals surface area contributed by atoms with Crippen LogP contribution >= 0.6 is 0 Å². The van der Waals surface area contributed by atoms with Gasteiger partial charge < -0.3 is 5.32 Å². The van der Waals surface area contributed by atoms with Crippen molar-refractivity contribution in [1.29, 1.82) is 0 Å². The molecular weight excluding hydrogens is 373 g/mol. The van der Waals surface area contributed by atoms with Gasteiger partial charge in [0.1, 0.15) is 11.6 Å². The van der Waals surface area contributed by atoms with Crippen LogP contribution < -0.4 is 10.8 Å². The minimum absolute atomic E-state index is 0.240. The van der Waals surface area contributed by atoms with Gasteiger partial charge in [-0.3, -0.25) is 15.0 Å². The minimum Gasteiger partial charge on any atom is -0.308 e. The van der Waals surface area contributed by atoms with Gasteiger partial charge in [0.15, 0.2) is 0 Å². The van der Waals surface area contributed by atoms with Crippen LogP contribution in [0.2, 0.25) is 0 Å². The number of pyridine rings is 1. The average molecular weight is 393 g/mol. The highest BCUT2D eigenvalue weighted by atomic mass is 19.1. The number of nitrogens with one attached hydrogen (secondary N) is 2. The van der Waals surface area contributed by atoms with Gasteiger partial charge in [0, 0.05) is 36.3 Å². The first-order chi connectivity index (χ1) is 14.1. The Balaban J connectivity index is 1.16. The Bertz CT molecular complexity index is 1060. The van der Waals surface area contributed by atoms with Crippen LogP contribution in [0.3, 0.4) is 0 Å². The third-order valence-corrected chi connectivity index (χ3v) is 6.07. The monoisotopic (exact) mass is 393 g/mol. The molecule has 3 aromatic rings. The van der Waals surface area contributed by atoms with Crippen LogP contribution in [0.25, 0.3) is 10.9 Å². The molecular formula is C21H20FN5O2. The van der Waals surface area contributed by atoms with Gasteiger partial charge in [-0.05, 0) is 48.9 Å². The average Bonchev–Trinajstić information content (AvgIpc) is 3.20. The lowest BCUT2D eigenvalue weighted by Gasteiger charge is -2.14. The van der Waals surface area contributed by atoms with Crippen molar-refractivity contribution in [1.82, 2.24) is 25.7 Å². The van der Waals surface area contributed by atoms with Crippen molar-refractivity contribution in [3.63, 3.8) is 0 Å². The van der Waals surface area contributed by atoms with Crippen molar-refractivity contribution in [2.45, 2.75) is 31.3 Å². The second kappa shape index (κ2) is 7.13. The Kier molecular flexibility index (Phi) is 4.44. The standard InChI is InChI=1S/C21H20FN5O2/c22-14-2-4-18-11(5-14)1-3-15(26-18)10-23-19-16-6-12(7-17(16)19)20-24-8-13(9-25-20)21(28)27-29/h1-5,8-9,12,16-17,19,23,29H,6-7,10H2,(H,27,28)/t12?,16-,17-,19?/m1/s1. The van der Waals surface area contributed by atoms with E-state index in [0.29, 0.717) is 30.3 Å². The molecule has 0 unspecified atom stereocenters. The lowest BCUT2D eigenvalue weighted by atomic mass is 10.0. The predicted molar refractivity (Wildman–Crippen MR) is 103 cm³/mol. The summed E-state index contributed by atoms with van der Waals surface area (Å²) in [6.07, 6.45) is 4.95. The third-order valence-electron chi connectivity index (χ3n) is 6.07. The van der Waals surface area contributed by atoms with E-state index < -0.39 is 5.91 Å². The van der Waals surface area contributed by atoms with Gasteiger partial charge in [-0.1, -0.05) is 6.07 Å². The fourth-order valence-electron chi connectivity index (χ4n) is 4.54. The molecule has 8 heteroatoms. The van der Waals surface area contributed by atoms with Crippen LogP contribution in [-0.4, -0.2) is 32.1 Å². The van der Waals surface area contributed by atoms with Crippen LogP contribution in [0.15, 0.2) is 42.7 Å². The summed E-state index contributed by atoms with van der Waals surface area (Å²) in [6, 6.07) is 8.97. The van der Waals surface area contributed by atoms with Crippen molar-refractivity contribution < 1.29 is 14.4 Å². The second-order valence-electron chi connectivity index (χ2n) is 7.81. The second-order valence-corrected chi connectivity index (χ2v) is 7.81. The summed E-state index contributed by atoms with van der Waals surface area (Å²) in [5.41, 5.74) is 3.57. The smallest absolute Gasteiger partial charge is 0.277 e. The quantitative estimate of drug-likeness (QED) is 0.455. The van der Waals surface area contributed by atoms with Crippen LogP contribution in [0.1, 0.15) is 40.6 Å². The number of hydrogen-bond acceptors (Lipinski definition) is 6. The van der Waals surface area contributed by atoms with E-state index in [-0.39, 0.29) is 11.4 Å². The maximum atomic E-state index is 13.3. The van der Waals surface area contributed by atoms with Crippen LogP contribution in [0, 0.1) is 17.7 Å². The van der Waals surface area contributed by atoms with Gasteiger partial charge in [-0.15, -0.1) is 0 Å². The molecule has 0 radical (unpaired) electrons. The van der Waals surface area contributed by atoms with Gasteiger partial charge in [0.2, 0.25) is 0 Å². The SMILES string of the molecule is O=C(NO)c1cnc(C2C[C@H]3C(NCc4ccc5cc(F)ccc5n4)[C@@H]3C2)nc1. The highest BCUT2D eigenvalue weighted by Gasteiger charge is 2.56. The largest absolute Gasteiger partial charge is 0.308 e. The molecule has 29 heavy (non-hydrogen) atoms. The Morgan fingerprint density at radius 2 is 1.90 bits per heavy atom. The van der Waals surface area contributed by atoms with E-state index in [1.807, 2.05) is 12.1 Å². The summed E-state index contributed by atoms with van der Waals surface area (Å²) in [5, 5.41) is 13.1. The molecule has 2 fully saturated rings. The zero-order valence-corrected chi connectivity index (χ0v) is 15.5. The molecule has 0 spiro atoms. The van der Waals surface area contributed by atoms with E-state index in [9.17, 15) is 9.18 Å². The van der Waals surface area contributed by atoms with E-state index in [4.69, 9.17) is 5.21 Å². The zero-order valence-electron chi connectivity index (χ0n) is 15.5. The zero-order chi connectivity index (χ0) is 20.0. The number of carbonyl (C=O) groups is 1. The number of carbonyl (C=O) groups excluding carboxylic acids is 1. The highest BCUT2D eigenvalue weighted by Crippen LogP contribution is 2.57. The Hall–Kier alpha value is -2.97. The van der Waals surface area contributed by atoms with Gasteiger partial charge in [-0.25, -0.2) is 19.8 Å². The van der Waals surface area contributed by atoms with Crippen molar-refractivity contribution in [2.75, 3.05) is 0 Å². The van der Waals surface area contributed by atoms with E-state index in [1.165, 1.54) is 24.5 Å². The summed E-state index contributed by atoms with van der Waals surface area (Å²) in [4.78, 5) is 24.6. The Morgan fingerprint density at radius 3 is 2.62 bits per heavy atom. The fraction of sp³-hybridized carbons (Fsp3) is 0.333. The molecule has 2 heterocycles. The number of rotatable bonds is 5. The Labute approximate surface area is 166 Å². The molecule has 0 saturated heterocycles. The molecule has 1 amide bonds. The minimum atomic E-state index is -0.609. The summed E-state index contributed by atoms with van der Waals surface area (Å²) in [6.45, 7) is 0.692. The topological polar surface area (TPSA) is 100 Å². The number of halogens is 1. The molecule has 5 rings (SSSR count). The first kappa shape index (κ1) is 18.1. The third kappa shape index (κ3) is 3.45. The summed E-state index contributed by atoms with van der Waals surface area (Å²) < 4.78 is 13.3. The molecule has 2 aromatic heterocycles. The molecule has 2 saturated carbocycles. The van der Waals surface area contributed by atoms with Crippen molar-refractivity contribution >= 4 is 16.8 Å². The van der Waals surface area contributed by atoms with E-state index >= 15 is 0 Å². The number of fused-ring (bicyclic) bond motifs is 2. The van der Waals surface area contributed by atoms with Crippen molar-refractivity contribution in [3.05, 3.63) is 65.6 Å². The predicted octanol–water partition coefficient (Wildman–Crippen LogP) is 2.56. The number of hydroxylamine groups is 1. The molecule has 1 aromatic carbocycles. The summed E-state index contributed by atoms with van der Waals surface area (Å²) in [7, 11) is 0. The normalized spacial score (nSPS) is 23.2. The maximum absolute atomic E-state index is 13.3. The lowest BCUT2D eigenvalue weighted by molar-refractivity contribution is 0.0705.